The van der Waals surface area contributed by atoms with Crippen LogP contribution < -0.4 is 0 Å². The van der Waals surface area contributed by atoms with Crippen LogP contribution in [0.3, 0.4) is 0 Å². The van der Waals surface area contributed by atoms with Crippen LogP contribution in [0, 0.1) is 5.92 Å². The van der Waals surface area contributed by atoms with Crippen molar-refractivity contribution in [2.75, 3.05) is 18.6 Å². The second-order valence-electron chi connectivity index (χ2n) is 5.14. The Balaban J connectivity index is 1.88. The molecule has 106 valence electrons. The number of ether oxygens (including phenoxy) is 1. The third-order valence-corrected chi connectivity index (χ3v) is 4.89. The summed E-state index contributed by atoms with van der Waals surface area (Å²) in [5.41, 5.74) is 1.59. The van der Waals surface area contributed by atoms with E-state index in [0.717, 1.165) is 17.8 Å². The van der Waals surface area contributed by atoms with Crippen LogP contribution in [0.1, 0.15) is 29.0 Å². The molecule has 2 aromatic rings. The standard InChI is InChI=1S/C15H18N2O2S/c1-19-15(18)12-2-3-13-9-16-14(17(13)10-12)8-11-4-6-20-7-5-11/h2-3,9-11H,4-8H2,1H3. The first-order valence-electron chi connectivity index (χ1n) is 6.90. The molecule has 4 nitrogen and oxygen atoms in total. The van der Waals surface area contributed by atoms with E-state index in [2.05, 4.69) is 4.98 Å². The molecule has 0 radical (unpaired) electrons. The van der Waals surface area contributed by atoms with E-state index in [1.165, 1.54) is 31.5 Å². The molecule has 5 heteroatoms. The van der Waals surface area contributed by atoms with Gasteiger partial charge in [-0.05, 0) is 42.4 Å². The van der Waals surface area contributed by atoms with Crippen LogP contribution in [0.2, 0.25) is 0 Å². The van der Waals surface area contributed by atoms with Crippen LogP contribution >= 0.6 is 11.8 Å². The largest absolute Gasteiger partial charge is 0.465 e. The van der Waals surface area contributed by atoms with E-state index in [-0.39, 0.29) is 5.97 Å². The molecule has 0 aromatic carbocycles. The summed E-state index contributed by atoms with van der Waals surface area (Å²) in [6.07, 6.45) is 7.21. The molecule has 0 spiro atoms. The zero-order valence-corrected chi connectivity index (χ0v) is 12.4. The number of carbonyl (C=O) groups is 1. The molecule has 0 saturated carbocycles. The highest BCUT2D eigenvalue weighted by Gasteiger charge is 2.17. The number of hydrogen-bond acceptors (Lipinski definition) is 4. The molecular weight excluding hydrogens is 272 g/mol. The van der Waals surface area contributed by atoms with Gasteiger partial charge in [0.05, 0.1) is 24.4 Å². The van der Waals surface area contributed by atoms with Crippen molar-refractivity contribution in [1.29, 1.82) is 0 Å². The average Bonchev–Trinajstić information content (AvgIpc) is 2.90. The third kappa shape index (κ3) is 2.68. The van der Waals surface area contributed by atoms with Crippen LogP contribution in [0.15, 0.2) is 24.5 Å². The predicted octanol–water partition coefficient (Wildman–Crippen LogP) is 2.81. The van der Waals surface area contributed by atoms with Crippen molar-refractivity contribution < 1.29 is 9.53 Å². The van der Waals surface area contributed by atoms with E-state index in [4.69, 9.17) is 4.74 Å². The summed E-state index contributed by atoms with van der Waals surface area (Å²) >= 11 is 2.04. The zero-order chi connectivity index (χ0) is 13.9. The molecule has 0 bridgehead atoms. The summed E-state index contributed by atoms with van der Waals surface area (Å²) in [5.74, 6) is 3.95. The van der Waals surface area contributed by atoms with Crippen molar-refractivity contribution in [3.63, 3.8) is 0 Å². The Hall–Kier alpha value is -1.49. The van der Waals surface area contributed by atoms with E-state index in [0.29, 0.717) is 11.5 Å². The summed E-state index contributed by atoms with van der Waals surface area (Å²) < 4.78 is 6.80. The minimum Gasteiger partial charge on any atom is -0.465 e. The highest BCUT2D eigenvalue weighted by molar-refractivity contribution is 7.99. The number of pyridine rings is 1. The summed E-state index contributed by atoms with van der Waals surface area (Å²) in [7, 11) is 1.40. The van der Waals surface area contributed by atoms with Gasteiger partial charge in [-0.2, -0.15) is 11.8 Å². The molecule has 1 saturated heterocycles. The number of aromatic nitrogens is 2. The van der Waals surface area contributed by atoms with E-state index in [1.54, 1.807) is 6.07 Å². The van der Waals surface area contributed by atoms with Crippen LogP contribution in [0.25, 0.3) is 5.52 Å². The Bertz CT molecular complexity index is 617. The molecular formula is C15H18N2O2S. The molecule has 1 aliphatic rings. The van der Waals surface area contributed by atoms with Crippen LogP contribution in [-0.2, 0) is 11.2 Å². The Labute approximate surface area is 122 Å². The highest BCUT2D eigenvalue weighted by atomic mass is 32.2. The minimum atomic E-state index is -0.305. The number of methoxy groups -OCH3 is 1. The topological polar surface area (TPSA) is 43.6 Å². The van der Waals surface area contributed by atoms with Gasteiger partial charge in [0, 0.05) is 12.6 Å². The second-order valence-corrected chi connectivity index (χ2v) is 6.36. The molecule has 20 heavy (non-hydrogen) atoms. The van der Waals surface area contributed by atoms with Gasteiger partial charge in [-0.1, -0.05) is 0 Å². The lowest BCUT2D eigenvalue weighted by molar-refractivity contribution is 0.0600. The first-order valence-corrected chi connectivity index (χ1v) is 8.05. The van der Waals surface area contributed by atoms with Crippen LogP contribution in [0.5, 0.6) is 0 Å². The van der Waals surface area contributed by atoms with Crippen LogP contribution in [-0.4, -0.2) is 34.0 Å². The number of hydrogen-bond donors (Lipinski definition) is 0. The maximum atomic E-state index is 11.6. The number of esters is 1. The van der Waals surface area contributed by atoms with Gasteiger partial charge in [-0.25, -0.2) is 9.78 Å². The predicted molar refractivity (Wildman–Crippen MR) is 80.3 cm³/mol. The summed E-state index contributed by atoms with van der Waals surface area (Å²) in [6, 6.07) is 3.70. The minimum absolute atomic E-state index is 0.305. The maximum absolute atomic E-state index is 11.6. The summed E-state index contributed by atoms with van der Waals surface area (Å²) in [6.45, 7) is 0. The van der Waals surface area contributed by atoms with Crippen molar-refractivity contribution in [2.45, 2.75) is 19.3 Å². The number of nitrogens with zero attached hydrogens (tertiary/aromatic N) is 2. The lowest BCUT2D eigenvalue weighted by atomic mass is 9.98. The molecule has 0 atom stereocenters. The SMILES string of the molecule is COC(=O)c1ccc2cnc(CC3CCSCC3)n2c1. The Morgan fingerprint density at radius 3 is 3.00 bits per heavy atom. The quantitative estimate of drug-likeness (QED) is 0.815. The molecule has 0 N–H and O–H groups in total. The van der Waals surface area contributed by atoms with Gasteiger partial charge in [0.1, 0.15) is 5.82 Å². The van der Waals surface area contributed by atoms with Crippen molar-refractivity contribution in [2.24, 2.45) is 5.92 Å². The van der Waals surface area contributed by atoms with Crippen molar-refractivity contribution in [1.82, 2.24) is 9.38 Å². The van der Waals surface area contributed by atoms with Gasteiger partial charge in [-0.15, -0.1) is 0 Å². The third-order valence-electron chi connectivity index (χ3n) is 3.84. The van der Waals surface area contributed by atoms with Gasteiger partial charge in [0.25, 0.3) is 0 Å². The fraction of sp³-hybridized carbons (Fsp3) is 0.467. The number of fused-ring (bicyclic) bond motifs is 1. The van der Waals surface area contributed by atoms with Gasteiger partial charge in [-0.3, -0.25) is 0 Å². The van der Waals surface area contributed by atoms with Crippen molar-refractivity contribution >= 4 is 23.2 Å². The van der Waals surface area contributed by atoms with Crippen LogP contribution in [0.4, 0.5) is 0 Å². The van der Waals surface area contributed by atoms with Gasteiger partial charge < -0.3 is 9.14 Å². The molecule has 0 aliphatic carbocycles. The maximum Gasteiger partial charge on any atom is 0.339 e. The first-order chi connectivity index (χ1) is 9.78. The smallest absolute Gasteiger partial charge is 0.339 e. The first kappa shape index (κ1) is 13.5. The normalized spacial score (nSPS) is 16.4. The monoisotopic (exact) mass is 290 g/mol. The average molecular weight is 290 g/mol. The van der Waals surface area contributed by atoms with E-state index in [9.17, 15) is 4.79 Å². The molecule has 2 aromatic heterocycles. The summed E-state index contributed by atoms with van der Waals surface area (Å²) in [4.78, 5) is 16.1. The molecule has 1 aliphatic heterocycles. The Kier molecular flexibility index (Phi) is 3.96. The van der Waals surface area contributed by atoms with Gasteiger partial charge in [0.15, 0.2) is 0 Å². The molecule has 3 rings (SSSR count). The fourth-order valence-corrected chi connectivity index (χ4v) is 3.85. The second kappa shape index (κ2) is 5.87. The number of thioether (sulfide) groups is 1. The lowest BCUT2D eigenvalue weighted by Crippen LogP contribution is -2.14. The molecule has 3 heterocycles. The Morgan fingerprint density at radius 2 is 2.25 bits per heavy atom. The molecule has 1 fully saturated rings. The van der Waals surface area contributed by atoms with E-state index in [1.807, 2.05) is 34.6 Å². The Morgan fingerprint density at radius 1 is 1.45 bits per heavy atom. The molecule has 0 amide bonds. The number of carbonyl (C=O) groups excluding carboxylic acids is 1. The molecule has 0 unspecified atom stereocenters. The highest BCUT2D eigenvalue weighted by Crippen LogP contribution is 2.26. The van der Waals surface area contributed by atoms with E-state index < -0.39 is 0 Å². The van der Waals surface area contributed by atoms with Gasteiger partial charge in [0.2, 0.25) is 0 Å². The lowest BCUT2D eigenvalue weighted by Gasteiger charge is -2.20. The van der Waals surface area contributed by atoms with Gasteiger partial charge >= 0.3 is 5.97 Å². The van der Waals surface area contributed by atoms with E-state index >= 15 is 0 Å². The number of imidazole rings is 1. The fourth-order valence-electron chi connectivity index (χ4n) is 2.64. The number of rotatable bonds is 3. The zero-order valence-electron chi connectivity index (χ0n) is 11.5. The van der Waals surface area contributed by atoms with Crippen molar-refractivity contribution in [3.8, 4) is 0 Å². The summed E-state index contributed by atoms with van der Waals surface area (Å²) in [5, 5.41) is 0. The van der Waals surface area contributed by atoms with Crippen molar-refractivity contribution in [3.05, 3.63) is 35.9 Å².